The first kappa shape index (κ1) is 29.6. The Balaban J connectivity index is 1.46. The average molecular weight is 583 g/mol. The van der Waals surface area contributed by atoms with Crippen molar-refractivity contribution < 1.29 is 40.7 Å². The van der Waals surface area contributed by atoms with Crippen molar-refractivity contribution in [2.75, 3.05) is 44.2 Å². The fourth-order valence-electron chi connectivity index (χ4n) is 4.11. The molecule has 1 aliphatic heterocycles. The molecule has 0 spiro atoms. The van der Waals surface area contributed by atoms with Crippen LogP contribution in [0.3, 0.4) is 0 Å². The van der Waals surface area contributed by atoms with Gasteiger partial charge in [0.25, 0.3) is 11.8 Å². The first-order valence-corrected chi connectivity index (χ1v) is 12.4. The number of halogens is 6. The highest BCUT2D eigenvalue weighted by atomic mass is 19.4. The molecule has 2 amide bonds. The van der Waals surface area contributed by atoms with Gasteiger partial charge in [0.15, 0.2) is 11.5 Å². The number of nitrogens with one attached hydrogen (secondary N) is 1. The summed E-state index contributed by atoms with van der Waals surface area (Å²) in [6.45, 7) is 1.42. The lowest BCUT2D eigenvalue weighted by atomic mass is 9.99. The monoisotopic (exact) mass is 582 g/mol. The van der Waals surface area contributed by atoms with Crippen LogP contribution in [0.4, 0.5) is 32.2 Å². The Morgan fingerprint density at radius 2 is 1.66 bits per heavy atom. The van der Waals surface area contributed by atoms with Crippen LogP contribution in [0.2, 0.25) is 0 Å². The van der Waals surface area contributed by atoms with Gasteiger partial charge in [0.1, 0.15) is 12.3 Å². The van der Waals surface area contributed by atoms with Crippen LogP contribution in [0.5, 0.6) is 5.75 Å². The molecule has 1 aliphatic rings. The van der Waals surface area contributed by atoms with Gasteiger partial charge in [-0.3, -0.25) is 14.6 Å². The predicted octanol–water partition coefficient (Wildman–Crippen LogP) is 4.21. The molecule has 4 rings (SSSR count). The zero-order valence-corrected chi connectivity index (χ0v) is 21.6. The quantitative estimate of drug-likeness (QED) is 0.417. The summed E-state index contributed by atoms with van der Waals surface area (Å²) in [6.07, 6.45) is -6.44. The van der Waals surface area contributed by atoms with E-state index < -0.39 is 36.3 Å². The Labute approximate surface area is 230 Å². The zero-order valence-electron chi connectivity index (χ0n) is 21.6. The number of nitrogens with zero attached hydrogens (tertiary/aromatic N) is 5. The maximum absolute atomic E-state index is 13.7. The summed E-state index contributed by atoms with van der Waals surface area (Å²) in [6, 6.07) is 7.33. The van der Waals surface area contributed by atoms with E-state index in [0.717, 1.165) is 12.1 Å². The van der Waals surface area contributed by atoms with E-state index in [2.05, 4.69) is 15.2 Å². The summed E-state index contributed by atoms with van der Waals surface area (Å²) in [5.74, 6) is -0.914. The van der Waals surface area contributed by atoms with Crippen LogP contribution in [0.1, 0.15) is 33.3 Å². The van der Waals surface area contributed by atoms with Crippen molar-refractivity contribution in [2.24, 2.45) is 0 Å². The van der Waals surface area contributed by atoms with Gasteiger partial charge in [-0.05, 0) is 48.9 Å². The summed E-state index contributed by atoms with van der Waals surface area (Å²) >= 11 is 0. The molecule has 0 bridgehead atoms. The van der Waals surface area contributed by atoms with Gasteiger partial charge in [-0.25, -0.2) is 0 Å². The molecule has 1 saturated heterocycles. The fourth-order valence-corrected chi connectivity index (χ4v) is 4.11. The van der Waals surface area contributed by atoms with E-state index >= 15 is 0 Å². The number of benzene rings is 1. The Bertz CT molecular complexity index is 1390. The van der Waals surface area contributed by atoms with Crippen molar-refractivity contribution >= 4 is 17.6 Å². The van der Waals surface area contributed by atoms with Crippen LogP contribution in [-0.2, 0) is 6.18 Å². The number of aromatic nitrogens is 3. The second kappa shape index (κ2) is 12.0. The lowest BCUT2D eigenvalue weighted by molar-refractivity contribution is -0.137. The minimum atomic E-state index is -4.69. The minimum absolute atomic E-state index is 0.140. The number of hydrogen-bond donors (Lipinski definition) is 1. The number of hydrogen-bond acceptors (Lipinski definition) is 7. The van der Waals surface area contributed by atoms with Crippen LogP contribution < -0.4 is 15.0 Å². The molecule has 1 fully saturated rings. The summed E-state index contributed by atoms with van der Waals surface area (Å²) in [7, 11) is 0. The lowest BCUT2D eigenvalue weighted by Gasteiger charge is -2.35. The van der Waals surface area contributed by atoms with Crippen LogP contribution in [-0.4, -0.2) is 77.4 Å². The molecule has 1 N–H and O–H groups in total. The van der Waals surface area contributed by atoms with Gasteiger partial charge in [0, 0.05) is 43.5 Å². The maximum atomic E-state index is 13.7. The largest absolute Gasteiger partial charge is 0.492 e. The van der Waals surface area contributed by atoms with E-state index in [1.54, 1.807) is 23.2 Å². The van der Waals surface area contributed by atoms with Crippen LogP contribution in [0.25, 0.3) is 11.1 Å². The number of rotatable bonds is 7. The molecule has 2 aromatic heterocycles. The standard InChI is InChI=1S/C26H24F6N6O3/c1-2-41-20-12-18(13-33-14-20)16-9-17(11-19(10-16)26(30,31)32)24(40)38-7-5-37(6-8-38)22-4-3-21(35-36-22)23(39)34-15-25(27,28)29/h3-4,9-14H,2,5-8,15H2,1H3,(H,34,39). The Morgan fingerprint density at radius 3 is 2.27 bits per heavy atom. The van der Waals surface area contributed by atoms with Gasteiger partial charge in [0.05, 0.1) is 18.4 Å². The number of carbonyl (C=O) groups excluding carboxylic acids is 2. The van der Waals surface area contributed by atoms with Gasteiger partial charge >= 0.3 is 12.4 Å². The number of alkyl halides is 6. The van der Waals surface area contributed by atoms with Crippen molar-refractivity contribution in [3.63, 3.8) is 0 Å². The number of anilines is 1. The molecule has 218 valence electrons. The lowest BCUT2D eigenvalue weighted by Crippen LogP contribution is -2.49. The molecule has 0 radical (unpaired) electrons. The number of pyridine rings is 1. The molecule has 15 heteroatoms. The van der Waals surface area contributed by atoms with Crippen molar-refractivity contribution in [3.8, 4) is 16.9 Å². The molecule has 0 unspecified atom stereocenters. The van der Waals surface area contributed by atoms with Crippen LogP contribution in [0.15, 0.2) is 48.8 Å². The molecule has 0 atom stereocenters. The smallest absolute Gasteiger partial charge is 0.416 e. The van der Waals surface area contributed by atoms with Crippen molar-refractivity contribution in [1.29, 1.82) is 0 Å². The van der Waals surface area contributed by atoms with E-state index in [1.165, 1.54) is 35.5 Å². The Morgan fingerprint density at radius 1 is 0.927 bits per heavy atom. The highest BCUT2D eigenvalue weighted by Gasteiger charge is 2.33. The van der Waals surface area contributed by atoms with Crippen molar-refractivity contribution in [3.05, 3.63) is 65.6 Å². The van der Waals surface area contributed by atoms with E-state index in [0.29, 0.717) is 23.7 Å². The summed E-state index contributed by atoms with van der Waals surface area (Å²) in [4.78, 5) is 32.3. The minimum Gasteiger partial charge on any atom is -0.492 e. The van der Waals surface area contributed by atoms with E-state index in [4.69, 9.17) is 4.74 Å². The third-order valence-corrected chi connectivity index (χ3v) is 6.09. The first-order valence-electron chi connectivity index (χ1n) is 12.4. The Hall–Kier alpha value is -4.43. The molecule has 3 heterocycles. The second-order valence-electron chi connectivity index (χ2n) is 8.99. The number of ether oxygens (including phenoxy) is 1. The van der Waals surface area contributed by atoms with E-state index in [1.807, 2.05) is 0 Å². The number of piperazine rings is 1. The van der Waals surface area contributed by atoms with Gasteiger partial charge in [-0.15, -0.1) is 10.2 Å². The highest BCUT2D eigenvalue weighted by molar-refractivity contribution is 5.96. The molecule has 0 saturated carbocycles. The number of carbonyl (C=O) groups is 2. The summed E-state index contributed by atoms with van der Waals surface area (Å²) < 4.78 is 83.5. The van der Waals surface area contributed by atoms with Gasteiger partial charge in [-0.1, -0.05) is 0 Å². The van der Waals surface area contributed by atoms with Gasteiger partial charge < -0.3 is 19.9 Å². The molecule has 0 aliphatic carbocycles. The maximum Gasteiger partial charge on any atom is 0.416 e. The van der Waals surface area contributed by atoms with E-state index in [-0.39, 0.29) is 43.0 Å². The topological polar surface area (TPSA) is 101 Å². The number of amides is 2. The first-order chi connectivity index (χ1) is 19.3. The van der Waals surface area contributed by atoms with Crippen LogP contribution >= 0.6 is 0 Å². The fraction of sp³-hybridized carbons (Fsp3) is 0.346. The highest BCUT2D eigenvalue weighted by Crippen LogP contribution is 2.34. The van der Waals surface area contributed by atoms with Crippen molar-refractivity contribution in [1.82, 2.24) is 25.4 Å². The zero-order chi connectivity index (χ0) is 29.8. The molecule has 3 aromatic rings. The van der Waals surface area contributed by atoms with Crippen molar-refractivity contribution in [2.45, 2.75) is 19.3 Å². The Kier molecular flexibility index (Phi) is 8.63. The molecule has 41 heavy (non-hydrogen) atoms. The van der Waals surface area contributed by atoms with Gasteiger partial charge in [-0.2, -0.15) is 26.3 Å². The predicted molar refractivity (Wildman–Crippen MR) is 134 cm³/mol. The SMILES string of the molecule is CCOc1cncc(-c2cc(C(=O)N3CCN(c4ccc(C(=O)NCC(F)(F)F)nn4)CC3)cc(C(F)(F)F)c2)c1. The molecule has 1 aromatic carbocycles. The van der Waals surface area contributed by atoms with Crippen LogP contribution in [0, 0.1) is 0 Å². The van der Waals surface area contributed by atoms with Gasteiger partial charge in [0.2, 0.25) is 0 Å². The third-order valence-electron chi connectivity index (χ3n) is 6.09. The summed E-state index contributed by atoms with van der Waals surface area (Å²) in [5, 5.41) is 9.27. The molecular formula is C26H24F6N6O3. The average Bonchev–Trinajstić information content (AvgIpc) is 2.95. The summed E-state index contributed by atoms with van der Waals surface area (Å²) in [5.41, 5.74) is -0.901. The normalized spacial score (nSPS) is 14.1. The second-order valence-corrected chi connectivity index (χ2v) is 8.99. The molecular weight excluding hydrogens is 558 g/mol. The van der Waals surface area contributed by atoms with E-state index in [9.17, 15) is 35.9 Å². The third kappa shape index (κ3) is 7.61. The molecule has 9 nitrogen and oxygen atoms in total.